The van der Waals surface area contributed by atoms with Gasteiger partial charge in [0.25, 0.3) is 5.91 Å². The van der Waals surface area contributed by atoms with Gasteiger partial charge < -0.3 is 14.7 Å². The molecule has 0 bridgehead atoms. The van der Waals surface area contributed by atoms with Crippen molar-refractivity contribution in [3.8, 4) is 10.6 Å². The number of fused-ring (bicyclic) bond motifs is 1. The Balaban J connectivity index is 1.38. The fraction of sp³-hybridized carbons (Fsp3) is 0.391. The van der Waals surface area contributed by atoms with Crippen LogP contribution in [0.5, 0.6) is 0 Å². The number of hydrogen-bond donors (Lipinski definition) is 1. The lowest BCUT2D eigenvalue weighted by molar-refractivity contribution is 0.0887. The quantitative estimate of drug-likeness (QED) is 0.435. The van der Waals surface area contributed by atoms with Crippen LogP contribution in [0.3, 0.4) is 0 Å². The Bertz CT molecular complexity index is 1270. The minimum Gasteiger partial charge on any atom is -0.355 e. The van der Waals surface area contributed by atoms with E-state index < -0.39 is 0 Å². The Morgan fingerprint density at radius 2 is 2.12 bits per heavy atom. The van der Waals surface area contributed by atoms with Crippen LogP contribution in [0.15, 0.2) is 41.1 Å². The number of imidazole rings is 1. The van der Waals surface area contributed by atoms with Gasteiger partial charge in [-0.2, -0.15) is 0 Å². The Hall–Kier alpha value is -2.75. The predicted octanol–water partition coefficient (Wildman–Crippen LogP) is 4.45. The molecule has 4 aromatic rings. The highest BCUT2D eigenvalue weighted by molar-refractivity contribution is 7.19. The summed E-state index contributed by atoms with van der Waals surface area (Å²) in [5, 5.41) is 7.38. The summed E-state index contributed by atoms with van der Waals surface area (Å²) in [6.07, 6.45) is 3.56. The largest absolute Gasteiger partial charge is 0.355 e. The van der Waals surface area contributed by atoms with E-state index in [0.717, 1.165) is 30.8 Å². The second-order valence-corrected chi connectivity index (χ2v) is 10.2. The maximum absolute atomic E-state index is 13.2. The van der Waals surface area contributed by atoms with Gasteiger partial charge in [0.05, 0.1) is 15.8 Å². The molecule has 8 nitrogen and oxygen atoms in total. The van der Waals surface area contributed by atoms with Gasteiger partial charge in [-0.3, -0.25) is 9.36 Å². The third-order valence-corrected chi connectivity index (χ3v) is 7.24. The van der Waals surface area contributed by atoms with E-state index in [0.29, 0.717) is 45.4 Å². The molecule has 5 rings (SSSR count). The number of nitrogens with zero attached hydrogens (tertiary/aromatic N) is 5. The number of carbonyl (C=O) groups excluding carboxylic acids is 1. The maximum atomic E-state index is 13.2. The highest BCUT2D eigenvalue weighted by atomic mass is 35.5. The molecule has 33 heavy (non-hydrogen) atoms. The van der Waals surface area contributed by atoms with Crippen molar-refractivity contribution in [1.82, 2.24) is 29.9 Å². The van der Waals surface area contributed by atoms with Crippen molar-refractivity contribution in [2.45, 2.75) is 45.3 Å². The van der Waals surface area contributed by atoms with Crippen LogP contribution >= 0.6 is 22.9 Å². The Morgan fingerprint density at radius 1 is 1.30 bits per heavy atom. The molecule has 0 spiro atoms. The minimum atomic E-state index is -0.190. The second kappa shape index (κ2) is 9.24. The zero-order chi connectivity index (χ0) is 22.9. The lowest BCUT2D eigenvalue weighted by Gasteiger charge is -2.34. The van der Waals surface area contributed by atoms with Crippen molar-refractivity contribution in [1.29, 1.82) is 0 Å². The van der Waals surface area contributed by atoms with Gasteiger partial charge >= 0.3 is 0 Å². The van der Waals surface area contributed by atoms with Gasteiger partial charge in [-0.05, 0) is 51.0 Å². The van der Waals surface area contributed by atoms with E-state index in [1.54, 1.807) is 10.8 Å². The molecule has 1 N–H and O–H groups in total. The van der Waals surface area contributed by atoms with Crippen LogP contribution in [0, 0.1) is 0 Å². The first-order chi connectivity index (χ1) is 16.0. The first-order valence-corrected chi connectivity index (χ1v) is 12.2. The van der Waals surface area contributed by atoms with Crippen molar-refractivity contribution in [3.05, 3.63) is 52.4 Å². The first kappa shape index (κ1) is 22.1. The SMILES string of the molecule is CC(C)N1CCC(NC(=O)c2nc3cccnc3n2Cc2cc(-c3ccc(Cl)s3)on2)CC1. The normalized spacial score (nSPS) is 15.5. The second-order valence-electron chi connectivity index (χ2n) is 8.53. The number of pyridine rings is 1. The molecule has 0 radical (unpaired) electrons. The maximum Gasteiger partial charge on any atom is 0.287 e. The van der Waals surface area contributed by atoms with E-state index in [2.05, 4.69) is 39.2 Å². The Labute approximate surface area is 200 Å². The van der Waals surface area contributed by atoms with Crippen molar-refractivity contribution in [2.24, 2.45) is 0 Å². The van der Waals surface area contributed by atoms with Crippen LogP contribution in [0.1, 0.15) is 43.0 Å². The zero-order valence-electron chi connectivity index (χ0n) is 18.5. The van der Waals surface area contributed by atoms with Crippen LogP contribution in [0.25, 0.3) is 21.8 Å². The highest BCUT2D eigenvalue weighted by Crippen LogP contribution is 2.31. The van der Waals surface area contributed by atoms with Crippen LogP contribution < -0.4 is 5.32 Å². The van der Waals surface area contributed by atoms with Crippen molar-refractivity contribution in [3.63, 3.8) is 0 Å². The van der Waals surface area contributed by atoms with E-state index in [4.69, 9.17) is 16.1 Å². The molecule has 4 aromatic heterocycles. The number of halogens is 1. The number of amides is 1. The fourth-order valence-corrected chi connectivity index (χ4v) is 5.19. The van der Waals surface area contributed by atoms with Gasteiger partial charge in [0.1, 0.15) is 11.2 Å². The van der Waals surface area contributed by atoms with E-state index in [1.165, 1.54) is 11.3 Å². The number of hydrogen-bond acceptors (Lipinski definition) is 7. The molecular weight excluding hydrogens is 460 g/mol. The molecule has 1 aliphatic rings. The van der Waals surface area contributed by atoms with Crippen LogP contribution in [0.2, 0.25) is 4.34 Å². The molecule has 1 amide bonds. The molecule has 0 unspecified atom stereocenters. The molecule has 10 heteroatoms. The van der Waals surface area contributed by atoms with Gasteiger partial charge in [0.15, 0.2) is 11.4 Å². The highest BCUT2D eigenvalue weighted by Gasteiger charge is 2.26. The number of aromatic nitrogens is 4. The standard InChI is InChI=1S/C23H25ClN6O2S/c1-14(2)29-10-7-15(8-11-29)26-23(31)22-27-17-4-3-9-25-21(17)30(22)13-16-12-18(32-28-16)19-5-6-20(24)33-19/h3-6,9,12,14-15H,7-8,10-11,13H2,1-2H3,(H,26,31). The summed E-state index contributed by atoms with van der Waals surface area (Å²) >= 11 is 7.47. The van der Waals surface area contributed by atoms with Gasteiger partial charge in [-0.15, -0.1) is 11.3 Å². The Kier molecular flexibility index (Phi) is 6.18. The summed E-state index contributed by atoms with van der Waals surface area (Å²) in [5.41, 5.74) is 1.99. The number of piperidine rings is 1. The fourth-order valence-electron chi connectivity index (χ4n) is 4.20. The van der Waals surface area contributed by atoms with Crippen molar-refractivity contribution < 1.29 is 9.32 Å². The summed E-state index contributed by atoms with van der Waals surface area (Å²) in [6.45, 7) is 6.70. The van der Waals surface area contributed by atoms with Gasteiger partial charge in [0.2, 0.25) is 5.82 Å². The summed E-state index contributed by atoms with van der Waals surface area (Å²) in [6, 6.07) is 9.92. The van der Waals surface area contributed by atoms with E-state index in [9.17, 15) is 4.79 Å². The average Bonchev–Trinajstić information content (AvgIpc) is 3.53. The first-order valence-electron chi connectivity index (χ1n) is 11.1. The molecule has 1 aliphatic heterocycles. The van der Waals surface area contributed by atoms with Gasteiger partial charge in [-0.1, -0.05) is 16.8 Å². The average molecular weight is 485 g/mol. The van der Waals surface area contributed by atoms with Crippen molar-refractivity contribution >= 4 is 40.0 Å². The molecule has 172 valence electrons. The molecule has 5 heterocycles. The van der Waals surface area contributed by atoms with Crippen LogP contribution in [-0.4, -0.2) is 55.7 Å². The molecule has 0 aromatic carbocycles. The van der Waals surface area contributed by atoms with E-state index >= 15 is 0 Å². The number of thiophene rings is 1. The molecule has 1 fully saturated rings. The lowest BCUT2D eigenvalue weighted by atomic mass is 10.0. The minimum absolute atomic E-state index is 0.135. The summed E-state index contributed by atoms with van der Waals surface area (Å²) in [5.74, 6) is 0.783. The van der Waals surface area contributed by atoms with Crippen molar-refractivity contribution in [2.75, 3.05) is 13.1 Å². The summed E-state index contributed by atoms with van der Waals surface area (Å²) in [4.78, 5) is 25.6. The van der Waals surface area contributed by atoms with Gasteiger partial charge in [0, 0.05) is 37.4 Å². The summed E-state index contributed by atoms with van der Waals surface area (Å²) < 4.78 is 8.01. The van der Waals surface area contributed by atoms with Crippen LogP contribution in [0.4, 0.5) is 0 Å². The number of likely N-dealkylation sites (tertiary alicyclic amines) is 1. The Morgan fingerprint density at radius 3 is 2.85 bits per heavy atom. The summed E-state index contributed by atoms with van der Waals surface area (Å²) in [7, 11) is 0. The molecule has 1 saturated heterocycles. The smallest absolute Gasteiger partial charge is 0.287 e. The predicted molar refractivity (Wildman–Crippen MR) is 129 cm³/mol. The van der Waals surface area contributed by atoms with Gasteiger partial charge in [-0.25, -0.2) is 9.97 Å². The molecule has 0 atom stereocenters. The third kappa shape index (κ3) is 4.66. The van der Waals surface area contributed by atoms with E-state index in [-0.39, 0.29) is 11.9 Å². The number of rotatable bonds is 6. The lowest BCUT2D eigenvalue weighted by Crippen LogP contribution is -2.47. The molecular formula is C23H25ClN6O2S. The zero-order valence-corrected chi connectivity index (χ0v) is 20.1. The number of nitrogens with one attached hydrogen (secondary N) is 1. The molecule has 0 saturated carbocycles. The molecule has 0 aliphatic carbocycles. The van der Waals surface area contributed by atoms with E-state index in [1.807, 2.05) is 30.3 Å². The monoisotopic (exact) mass is 484 g/mol. The van der Waals surface area contributed by atoms with Crippen LogP contribution in [-0.2, 0) is 6.54 Å². The third-order valence-electron chi connectivity index (χ3n) is 6.00. The topological polar surface area (TPSA) is 89.1 Å². The number of carbonyl (C=O) groups is 1.